The molecule has 31 heavy (non-hydrogen) atoms. The summed E-state index contributed by atoms with van der Waals surface area (Å²) in [6.45, 7) is 2.89. The van der Waals surface area contributed by atoms with Crippen molar-refractivity contribution in [2.45, 2.75) is 39.0 Å². The minimum Gasteiger partial charge on any atom is -0.465 e. The zero-order chi connectivity index (χ0) is 21.4. The number of anilines is 1. The number of benzene rings is 1. The molecule has 3 aromatic heterocycles. The SMILES string of the molecule is CCOC(=O)Cn1cc2c(N)nc3cc(-c4ccnn4C4CCCCO4)ccc3c2n1. The Balaban J connectivity index is 1.54. The number of carbonyl (C=O) groups excluding carboxylic acids is 1. The van der Waals surface area contributed by atoms with Crippen LogP contribution in [0.1, 0.15) is 32.4 Å². The molecule has 9 heteroatoms. The summed E-state index contributed by atoms with van der Waals surface area (Å²) in [6, 6.07) is 7.99. The molecular formula is C22H24N6O3. The van der Waals surface area contributed by atoms with E-state index >= 15 is 0 Å². The van der Waals surface area contributed by atoms with Crippen LogP contribution >= 0.6 is 0 Å². The summed E-state index contributed by atoms with van der Waals surface area (Å²) in [5, 5.41) is 10.6. The quantitative estimate of drug-likeness (QED) is 0.493. The van der Waals surface area contributed by atoms with Crippen molar-refractivity contribution < 1.29 is 14.3 Å². The van der Waals surface area contributed by atoms with Gasteiger partial charge < -0.3 is 15.2 Å². The van der Waals surface area contributed by atoms with Crippen molar-refractivity contribution in [3.05, 3.63) is 36.7 Å². The molecule has 0 aliphatic carbocycles. The van der Waals surface area contributed by atoms with Crippen LogP contribution in [0.2, 0.25) is 0 Å². The van der Waals surface area contributed by atoms with E-state index in [9.17, 15) is 4.79 Å². The van der Waals surface area contributed by atoms with Crippen molar-refractivity contribution in [3.63, 3.8) is 0 Å². The maximum atomic E-state index is 11.8. The molecule has 0 radical (unpaired) electrons. The number of aromatic nitrogens is 5. The number of nitrogen functional groups attached to an aromatic ring is 1. The number of nitrogens with two attached hydrogens (primary N) is 1. The van der Waals surface area contributed by atoms with Gasteiger partial charge in [0.05, 0.1) is 23.2 Å². The molecule has 0 saturated carbocycles. The predicted octanol–water partition coefficient (Wildman–Crippen LogP) is 3.29. The summed E-state index contributed by atoms with van der Waals surface area (Å²) < 4.78 is 14.4. The third-order valence-corrected chi connectivity index (χ3v) is 5.52. The fourth-order valence-corrected chi connectivity index (χ4v) is 4.09. The largest absolute Gasteiger partial charge is 0.465 e. The molecule has 1 atom stereocenters. The fourth-order valence-electron chi connectivity index (χ4n) is 4.09. The molecule has 4 heterocycles. The van der Waals surface area contributed by atoms with Crippen molar-refractivity contribution in [3.8, 4) is 11.3 Å². The maximum Gasteiger partial charge on any atom is 0.327 e. The van der Waals surface area contributed by atoms with Gasteiger partial charge in [-0.15, -0.1) is 0 Å². The zero-order valence-corrected chi connectivity index (χ0v) is 17.3. The van der Waals surface area contributed by atoms with E-state index in [2.05, 4.69) is 15.2 Å². The van der Waals surface area contributed by atoms with Crippen LogP contribution in [0.25, 0.3) is 33.1 Å². The standard InChI is InChI=1S/C22H24N6O3/c1-2-30-20(29)13-27-12-16-21(26-27)15-7-6-14(11-17(15)25-22(16)23)18-8-9-24-28(18)19-5-3-4-10-31-19/h6-9,11-12,19H,2-5,10,13H2,1H3,(H2,23,25). The molecule has 0 amide bonds. The van der Waals surface area contributed by atoms with Gasteiger partial charge in [-0.3, -0.25) is 9.48 Å². The summed E-state index contributed by atoms with van der Waals surface area (Å²) >= 11 is 0. The lowest BCUT2D eigenvalue weighted by molar-refractivity contribution is -0.144. The monoisotopic (exact) mass is 420 g/mol. The molecule has 1 aromatic carbocycles. The molecule has 0 spiro atoms. The van der Waals surface area contributed by atoms with Crippen LogP contribution in [0, 0.1) is 0 Å². The van der Waals surface area contributed by atoms with Gasteiger partial charge in [0.1, 0.15) is 17.9 Å². The second-order valence-corrected chi connectivity index (χ2v) is 7.61. The summed E-state index contributed by atoms with van der Waals surface area (Å²) in [5.41, 5.74) is 9.63. The minimum absolute atomic E-state index is 0.0299. The topological polar surface area (TPSA) is 110 Å². The molecule has 2 N–H and O–H groups in total. The first-order valence-corrected chi connectivity index (χ1v) is 10.5. The van der Waals surface area contributed by atoms with Gasteiger partial charge in [0.25, 0.3) is 0 Å². The van der Waals surface area contributed by atoms with E-state index in [1.807, 2.05) is 28.9 Å². The Bertz CT molecular complexity index is 1260. The molecule has 1 unspecified atom stereocenters. The Kier molecular flexibility index (Phi) is 5.03. The molecule has 160 valence electrons. The second kappa shape index (κ2) is 7.99. The number of hydrogen-bond acceptors (Lipinski definition) is 7. The smallest absolute Gasteiger partial charge is 0.327 e. The summed E-state index contributed by atoms with van der Waals surface area (Å²) in [7, 11) is 0. The number of pyridine rings is 1. The van der Waals surface area contributed by atoms with Gasteiger partial charge in [-0.1, -0.05) is 6.07 Å². The van der Waals surface area contributed by atoms with Crippen LogP contribution in [-0.4, -0.2) is 43.7 Å². The number of hydrogen-bond donors (Lipinski definition) is 1. The van der Waals surface area contributed by atoms with Crippen molar-refractivity contribution in [2.24, 2.45) is 0 Å². The molecule has 4 aromatic rings. The first kappa shape index (κ1) is 19.5. The van der Waals surface area contributed by atoms with Gasteiger partial charge in [0.15, 0.2) is 6.23 Å². The number of carbonyl (C=O) groups is 1. The summed E-state index contributed by atoms with van der Waals surface area (Å²) in [4.78, 5) is 16.4. The molecule has 1 aliphatic heterocycles. The Labute approximate surface area is 178 Å². The number of ether oxygens (including phenoxy) is 2. The van der Waals surface area contributed by atoms with Crippen LogP contribution in [0.15, 0.2) is 36.7 Å². The first-order valence-electron chi connectivity index (χ1n) is 10.5. The highest BCUT2D eigenvalue weighted by atomic mass is 16.5. The molecule has 1 fully saturated rings. The van der Waals surface area contributed by atoms with Crippen LogP contribution < -0.4 is 5.73 Å². The molecular weight excluding hydrogens is 396 g/mol. The number of fused-ring (bicyclic) bond motifs is 3. The molecule has 1 aliphatic rings. The predicted molar refractivity (Wildman–Crippen MR) is 116 cm³/mol. The lowest BCUT2D eigenvalue weighted by Gasteiger charge is -2.24. The third-order valence-electron chi connectivity index (χ3n) is 5.52. The van der Waals surface area contributed by atoms with Gasteiger partial charge in [-0.25, -0.2) is 9.67 Å². The minimum atomic E-state index is -0.341. The summed E-state index contributed by atoms with van der Waals surface area (Å²) in [6.07, 6.45) is 6.65. The number of esters is 1. The molecule has 5 rings (SSSR count). The fraction of sp³-hybridized carbons (Fsp3) is 0.364. The van der Waals surface area contributed by atoms with Crippen molar-refractivity contribution >= 4 is 33.6 Å². The highest BCUT2D eigenvalue weighted by Gasteiger charge is 2.20. The number of nitrogens with zero attached hydrogens (tertiary/aromatic N) is 5. The Morgan fingerprint density at radius 1 is 1.29 bits per heavy atom. The molecule has 1 saturated heterocycles. The van der Waals surface area contributed by atoms with E-state index in [0.717, 1.165) is 48.0 Å². The van der Waals surface area contributed by atoms with Gasteiger partial charge >= 0.3 is 5.97 Å². The maximum absolute atomic E-state index is 11.8. The average molecular weight is 420 g/mol. The Hall–Kier alpha value is -3.46. The van der Waals surface area contributed by atoms with Crippen LogP contribution in [0.5, 0.6) is 0 Å². The van der Waals surface area contributed by atoms with Gasteiger partial charge in [0, 0.05) is 30.0 Å². The second-order valence-electron chi connectivity index (χ2n) is 7.61. The van der Waals surface area contributed by atoms with E-state index in [1.165, 1.54) is 0 Å². The normalized spacial score (nSPS) is 16.7. The van der Waals surface area contributed by atoms with E-state index < -0.39 is 0 Å². The first-order chi connectivity index (χ1) is 15.1. The van der Waals surface area contributed by atoms with Crippen molar-refractivity contribution in [2.75, 3.05) is 18.9 Å². The Morgan fingerprint density at radius 3 is 3.00 bits per heavy atom. The van der Waals surface area contributed by atoms with E-state index in [0.29, 0.717) is 23.3 Å². The summed E-state index contributed by atoms with van der Waals surface area (Å²) in [5.74, 6) is 0.0329. The van der Waals surface area contributed by atoms with E-state index in [-0.39, 0.29) is 18.7 Å². The highest BCUT2D eigenvalue weighted by molar-refractivity contribution is 6.08. The van der Waals surface area contributed by atoms with Gasteiger partial charge in [-0.05, 0) is 44.4 Å². The lowest BCUT2D eigenvalue weighted by atomic mass is 10.1. The zero-order valence-electron chi connectivity index (χ0n) is 17.3. The number of rotatable bonds is 5. The van der Waals surface area contributed by atoms with E-state index in [1.54, 1.807) is 24.0 Å². The van der Waals surface area contributed by atoms with Crippen molar-refractivity contribution in [1.29, 1.82) is 0 Å². The van der Waals surface area contributed by atoms with E-state index in [4.69, 9.17) is 15.2 Å². The van der Waals surface area contributed by atoms with Crippen LogP contribution in [0.4, 0.5) is 5.82 Å². The third kappa shape index (κ3) is 3.61. The lowest BCUT2D eigenvalue weighted by Crippen LogP contribution is -2.19. The molecule has 0 bridgehead atoms. The van der Waals surface area contributed by atoms with Gasteiger partial charge in [0.2, 0.25) is 0 Å². The average Bonchev–Trinajstić information content (AvgIpc) is 3.42. The highest BCUT2D eigenvalue weighted by Crippen LogP contribution is 2.32. The van der Waals surface area contributed by atoms with Gasteiger partial charge in [-0.2, -0.15) is 10.2 Å². The van der Waals surface area contributed by atoms with Crippen LogP contribution in [0.3, 0.4) is 0 Å². The Morgan fingerprint density at radius 2 is 2.19 bits per heavy atom. The van der Waals surface area contributed by atoms with Crippen LogP contribution in [-0.2, 0) is 20.8 Å². The van der Waals surface area contributed by atoms with Crippen molar-refractivity contribution in [1.82, 2.24) is 24.5 Å². The molecule has 9 nitrogen and oxygen atoms in total.